The topological polar surface area (TPSA) is 29.5 Å². The van der Waals surface area contributed by atoms with Crippen LogP contribution in [-0.4, -0.2) is 42.5 Å². The molecule has 1 aromatic carbocycles. The average molecular weight is 283 g/mol. The Balaban J connectivity index is 2.31. The zero-order valence-electron chi connectivity index (χ0n) is 11.8. The van der Waals surface area contributed by atoms with E-state index >= 15 is 0 Å². The van der Waals surface area contributed by atoms with Crippen molar-refractivity contribution in [1.82, 2.24) is 4.90 Å². The summed E-state index contributed by atoms with van der Waals surface area (Å²) in [5.74, 6) is -1.71. The summed E-state index contributed by atoms with van der Waals surface area (Å²) in [5, 5.41) is 0. The van der Waals surface area contributed by atoms with Gasteiger partial charge in [-0.2, -0.15) is 0 Å². The van der Waals surface area contributed by atoms with Crippen molar-refractivity contribution in [2.45, 2.75) is 25.8 Å². The summed E-state index contributed by atoms with van der Waals surface area (Å²) in [6.45, 7) is 6.16. The Hall–Kier alpha value is -1.33. The molecular weight excluding hydrogens is 264 g/mol. The van der Waals surface area contributed by atoms with E-state index in [4.69, 9.17) is 4.74 Å². The smallest absolute Gasteiger partial charge is 0.182 e. The standard InChI is InChI=1S/C15H19F2NO2/c1-3-15(2,18-4-6-20-7-5-18)14(19)11-8-12(16)10-13(17)9-11/h8-10H,3-7H2,1-2H3. The second-order valence-electron chi connectivity index (χ2n) is 5.21. The molecule has 1 fully saturated rings. The van der Waals surface area contributed by atoms with Gasteiger partial charge in [0, 0.05) is 24.7 Å². The molecule has 0 radical (unpaired) electrons. The first kappa shape index (κ1) is 15.1. The molecule has 0 saturated carbocycles. The minimum Gasteiger partial charge on any atom is -0.379 e. The molecule has 0 bridgehead atoms. The summed E-state index contributed by atoms with van der Waals surface area (Å²) in [6, 6.07) is 2.97. The van der Waals surface area contributed by atoms with Crippen molar-refractivity contribution in [3.05, 3.63) is 35.4 Å². The van der Waals surface area contributed by atoms with E-state index in [1.54, 1.807) is 0 Å². The van der Waals surface area contributed by atoms with E-state index in [0.717, 1.165) is 18.2 Å². The van der Waals surface area contributed by atoms with Gasteiger partial charge in [0.1, 0.15) is 11.6 Å². The molecule has 1 atom stereocenters. The molecule has 20 heavy (non-hydrogen) atoms. The summed E-state index contributed by atoms with van der Waals surface area (Å²) in [6.07, 6.45) is 0.573. The van der Waals surface area contributed by atoms with Crippen molar-refractivity contribution in [2.75, 3.05) is 26.3 Å². The number of hydrogen-bond acceptors (Lipinski definition) is 3. The number of nitrogens with zero attached hydrogens (tertiary/aromatic N) is 1. The maximum absolute atomic E-state index is 13.3. The molecule has 2 rings (SSSR count). The molecule has 3 nitrogen and oxygen atoms in total. The summed E-state index contributed by atoms with van der Waals surface area (Å²) >= 11 is 0. The molecule has 0 aromatic heterocycles. The van der Waals surface area contributed by atoms with E-state index in [-0.39, 0.29) is 11.3 Å². The fourth-order valence-electron chi connectivity index (χ4n) is 2.58. The predicted molar refractivity (Wildman–Crippen MR) is 71.8 cm³/mol. The summed E-state index contributed by atoms with van der Waals surface area (Å²) in [7, 11) is 0. The fourth-order valence-corrected chi connectivity index (χ4v) is 2.58. The summed E-state index contributed by atoms with van der Waals surface area (Å²) < 4.78 is 31.9. The monoisotopic (exact) mass is 283 g/mol. The Morgan fingerprint density at radius 2 is 1.80 bits per heavy atom. The number of hydrogen-bond donors (Lipinski definition) is 0. The molecular formula is C15H19F2NO2. The van der Waals surface area contributed by atoms with E-state index in [1.165, 1.54) is 0 Å². The zero-order chi connectivity index (χ0) is 14.8. The van der Waals surface area contributed by atoms with Crippen LogP contribution < -0.4 is 0 Å². The van der Waals surface area contributed by atoms with Crippen LogP contribution in [0.5, 0.6) is 0 Å². The van der Waals surface area contributed by atoms with Crippen LogP contribution in [0.3, 0.4) is 0 Å². The molecule has 1 saturated heterocycles. The highest BCUT2D eigenvalue weighted by molar-refractivity contribution is 6.03. The number of ketones is 1. The lowest BCUT2D eigenvalue weighted by molar-refractivity contribution is -0.0106. The summed E-state index contributed by atoms with van der Waals surface area (Å²) in [4.78, 5) is 14.7. The number of rotatable bonds is 4. The normalized spacial score (nSPS) is 19.6. The number of halogens is 2. The van der Waals surface area contributed by atoms with Crippen molar-refractivity contribution < 1.29 is 18.3 Å². The van der Waals surface area contributed by atoms with Gasteiger partial charge in [0.05, 0.1) is 18.8 Å². The van der Waals surface area contributed by atoms with E-state index in [2.05, 4.69) is 0 Å². The SMILES string of the molecule is CCC(C)(C(=O)c1cc(F)cc(F)c1)N1CCOCC1. The lowest BCUT2D eigenvalue weighted by atomic mass is 9.86. The van der Waals surface area contributed by atoms with Gasteiger partial charge in [-0.25, -0.2) is 8.78 Å². The number of carbonyl (C=O) groups excluding carboxylic acids is 1. The van der Waals surface area contributed by atoms with Gasteiger partial charge < -0.3 is 4.74 Å². The predicted octanol–water partition coefficient (Wildman–Crippen LogP) is 2.65. The molecule has 1 aromatic rings. The third kappa shape index (κ3) is 2.88. The van der Waals surface area contributed by atoms with E-state index < -0.39 is 17.2 Å². The highest BCUT2D eigenvalue weighted by atomic mass is 19.1. The van der Waals surface area contributed by atoms with Gasteiger partial charge in [0.2, 0.25) is 0 Å². The maximum atomic E-state index is 13.3. The van der Waals surface area contributed by atoms with Crippen molar-refractivity contribution in [3.8, 4) is 0 Å². The third-order valence-corrected chi connectivity index (χ3v) is 4.01. The van der Waals surface area contributed by atoms with E-state index in [1.807, 2.05) is 18.7 Å². The van der Waals surface area contributed by atoms with Crippen LogP contribution in [-0.2, 0) is 4.74 Å². The second-order valence-corrected chi connectivity index (χ2v) is 5.21. The highest BCUT2D eigenvalue weighted by Crippen LogP contribution is 2.26. The van der Waals surface area contributed by atoms with Crippen LogP contribution in [0.4, 0.5) is 8.78 Å². The Bertz CT molecular complexity index is 480. The van der Waals surface area contributed by atoms with Crippen LogP contribution >= 0.6 is 0 Å². The van der Waals surface area contributed by atoms with E-state index in [0.29, 0.717) is 32.7 Å². The Morgan fingerprint density at radius 1 is 1.25 bits per heavy atom. The minimum absolute atomic E-state index is 0.0818. The number of ether oxygens (including phenoxy) is 1. The minimum atomic E-state index is -0.760. The van der Waals surface area contributed by atoms with Crippen LogP contribution in [0.25, 0.3) is 0 Å². The van der Waals surface area contributed by atoms with Crippen LogP contribution in [0.15, 0.2) is 18.2 Å². The van der Waals surface area contributed by atoms with Crippen LogP contribution in [0.1, 0.15) is 30.6 Å². The lowest BCUT2D eigenvalue weighted by Gasteiger charge is -2.41. The Morgan fingerprint density at radius 3 is 2.30 bits per heavy atom. The number of Topliss-reactive ketones (excluding diaryl/α,β-unsaturated/α-hetero) is 1. The highest BCUT2D eigenvalue weighted by Gasteiger charge is 2.39. The molecule has 0 aliphatic carbocycles. The quantitative estimate of drug-likeness (QED) is 0.796. The van der Waals surface area contributed by atoms with Gasteiger partial charge >= 0.3 is 0 Å². The number of benzene rings is 1. The van der Waals surface area contributed by atoms with Gasteiger partial charge in [-0.05, 0) is 25.5 Å². The fraction of sp³-hybridized carbons (Fsp3) is 0.533. The zero-order valence-corrected chi connectivity index (χ0v) is 11.8. The van der Waals surface area contributed by atoms with Crippen molar-refractivity contribution in [3.63, 3.8) is 0 Å². The van der Waals surface area contributed by atoms with Gasteiger partial charge in [0.15, 0.2) is 5.78 Å². The third-order valence-electron chi connectivity index (χ3n) is 4.01. The first-order valence-electron chi connectivity index (χ1n) is 6.81. The van der Waals surface area contributed by atoms with Gasteiger partial charge in [0.25, 0.3) is 0 Å². The summed E-state index contributed by atoms with van der Waals surface area (Å²) in [5.41, 5.74) is -0.678. The van der Waals surface area contributed by atoms with Gasteiger partial charge in [-0.3, -0.25) is 9.69 Å². The molecule has 0 amide bonds. The molecule has 0 spiro atoms. The van der Waals surface area contributed by atoms with Gasteiger partial charge in [-0.1, -0.05) is 6.92 Å². The first-order valence-corrected chi connectivity index (χ1v) is 6.81. The second kappa shape index (κ2) is 5.97. The van der Waals surface area contributed by atoms with Crippen LogP contribution in [0.2, 0.25) is 0 Å². The molecule has 1 heterocycles. The Labute approximate surface area is 117 Å². The molecule has 1 unspecified atom stereocenters. The molecule has 1 aliphatic heterocycles. The largest absolute Gasteiger partial charge is 0.379 e. The van der Waals surface area contributed by atoms with E-state index in [9.17, 15) is 13.6 Å². The maximum Gasteiger partial charge on any atom is 0.182 e. The van der Waals surface area contributed by atoms with Gasteiger partial charge in [-0.15, -0.1) is 0 Å². The average Bonchev–Trinajstić information content (AvgIpc) is 2.45. The van der Waals surface area contributed by atoms with Crippen molar-refractivity contribution in [2.24, 2.45) is 0 Å². The number of carbonyl (C=O) groups is 1. The van der Waals surface area contributed by atoms with Crippen molar-refractivity contribution in [1.29, 1.82) is 0 Å². The first-order chi connectivity index (χ1) is 9.47. The lowest BCUT2D eigenvalue weighted by Crippen LogP contribution is -2.56. The molecule has 0 N–H and O–H groups in total. The van der Waals surface area contributed by atoms with Crippen molar-refractivity contribution >= 4 is 5.78 Å². The molecule has 110 valence electrons. The molecule has 5 heteroatoms. The van der Waals surface area contributed by atoms with Crippen LogP contribution in [0, 0.1) is 11.6 Å². The number of morpholine rings is 1. The molecule has 1 aliphatic rings. The Kier molecular flexibility index (Phi) is 4.50.